The van der Waals surface area contributed by atoms with Gasteiger partial charge in [-0.05, 0) is 67.5 Å². The van der Waals surface area contributed by atoms with Crippen LogP contribution in [0.1, 0.15) is 64.1 Å². The first kappa shape index (κ1) is 34.2. The molecule has 3 N–H and O–H groups in total. The van der Waals surface area contributed by atoms with Gasteiger partial charge in [0, 0.05) is 53.4 Å². The third-order valence-electron chi connectivity index (χ3n) is 9.46. The van der Waals surface area contributed by atoms with Crippen LogP contribution in [0.3, 0.4) is 0 Å². The molecule has 3 aliphatic rings. The Morgan fingerprint density at radius 2 is 1.96 bits per heavy atom. The van der Waals surface area contributed by atoms with Gasteiger partial charge >= 0.3 is 12.1 Å². The number of aromatic nitrogens is 2. The van der Waals surface area contributed by atoms with Gasteiger partial charge in [0.05, 0.1) is 36.7 Å². The maximum Gasteiger partial charge on any atom is 0.406 e. The lowest BCUT2D eigenvalue weighted by atomic mass is 9.84. The lowest BCUT2D eigenvalue weighted by molar-refractivity contribution is -0.155. The van der Waals surface area contributed by atoms with E-state index < -0.39 is 36.2 Å². The number of hydrazine groups is 1. The van der Waals surface area contributed by atoms with Crippen LogP contribution in [-0.4, -0.2) is 83.6 Å². The fourth-order valence-electron chi connectivity index (χ4n) is 7.21. The van der Waals surface area contributed by atoms with Gasteiger partial charge < -0.3 is 24.7 Å². The van der Waals surface area contributed by atoms with Gasteiger partial charge in [-0.3, -0.25) is 19.6 Å². The number of hydrogen-bond acceptors (Lipinski definition) is 8. The number of anilines is 1. The number of ether oxygens (including phenoxy) is 2. The van der Waals surface area contributed by atoms with E-state index in [1.807, 2.05) is 45.9 Å². The summed E-state index contributed by atoms with van der Waals surface area (Å²) in [4.78, 5) is 33.4. The second-order valence-electron chi connectivity index (χ2n) is 14.4. The third-order valence-corrected chi connectivity index (χ3v) is 9.46. The Morgan fingerprint density at radius 1 is 1.17 bits per heavy atom. The lowest BCUT2D eigenvalue weighted by Gasteiger charge is -2.37. The van der Waals surface area contributed by atoms with Gasteiger partial charge in [-0.15, -0.1) is 0 Å². The number of hydrogen-bond donors (Lipinski definition) is 2. The van der Waals surface area contributed by atoms with E-state index in [1.165, 1.54) is 9.58 Å². The van der Waals surface area contributed by atoms with Crippen LogP contribution in [0.5, 0.6) is 0 Å². The van der Waals surface area contributed by atoms with Gasteiger partial charge in [0.2, 0.25) is 0 Å². The van der Waals surface area contributed by atoms with E-state index in [1.54, 1.807) is 18.3 Å². The highest BCUT2D eigenvalue weighted by Gasteiger charge is 2.37. The normalized spacial score (nSPS) is 24.1. The highest BCUT2D eigenvalue weighted by molar-refractivity contribution is 5.94. The number of nitrogens with zero attached hydrogens (tertiary/aromatic N) is 4. The van der Waals surface area contributed by atoms with Crippen molar-refractivity contribution in [3.05, 3.63) is 47.8 Å². The number of rotatable bonds is 3. The van der Waals surface area contributed by atoms with Crippen LogP contribution in [0.4, 0.5) is 18.9 Å². The number of amides is 1. The Labute approximate surface area is 278 Å². The number of fused-ring (bicyclic) bond motifs is 6. The van der Waals surface area contributed by atoms with Gasteiger partial charge in [-0.1, -0.05) is 27.7 Å². The quantitative estimate of drug-likeness (QED) is 0.377. The van der Waals surface area contributed by atoms with Crippen LogP contribution in [-0.2, 0) is 32.0 Å². The maximum atomic E-state index is 14.3. The van der Waals surface area contributed by atoms with Crippen LogP contribution in [0, 0.1) is 5.41 Å². The van der Waals surface area contributed by atoms with Crippen molar-refractivity contribution in [2.24, 2.45) is 11.1 Å². The van der Waals surface area contributed by atoms with Gasteiger partial charge in [0.1, 0.15) is 12.6 Å². The minimum atomic E-state index is -4.48. The molecule has 6 rings (SSSR count). The van der Waals surface area contributed by atoms with Gasteiger partial charge in [0.15, 0.2) is 0 Å². The Bertz CT molecular complexity index is 1670. The number of pyridine rings is 1. The lowest BCUT2D eigenvalue weighted by Crippen LogP contribution is -2.59. The van der Waals surface area contributed by atoms with E-state index in [4.69, 9.17) is 15.2 Å². The summed E-state index contributed by atoms with van der Waals surface area (Å²) in [6.45, 7) is 8.58. The fraction of sp³-hybridized carbons (Fsp3) is 0.571. The zero-order chi connectivity index (χ0) is 34.4. The zero-order valence-electron chi connectivity index (χ0n) is 28.0. The molecule has 3 aliphatic heterocycles. The van der Waals surface area contributed by atoms with Crippen molar-refractivity contribution in [3.8, 4) is 11.3 Å². The number of cyclic esters (lactones) is 1. The number of morpholine rings is 1. The fourth-order valence-corrected chi connectivity index (χ4v) is 7.21. The van der Waals surface area contributed by atoms with Crippen LogP contribution in [0.2, 0.25) is 0 Å². The molecular weight excluding hydrogens is 625 g/mol. The number of carbonyl (C=O) groups is 2. The number of nitrogens with one attached hydrogen (secondary N) is 1. The first-order valence-corrected chi connectivity index (χ1v) is 16.7. The molecule has 6 bridgehead atoms. The molecule has 0 saturated carbocycles. The van der Waals surface area contributed by atoms with E-state index in [0.29, 0.717) is 73.4 Å². The van der Waals surface area contributed by atoms with Crippen molar-refractivity contribution in [2.75, 3.05) is 37.7 Å². The van der Waals surface area contributed by atoms with Crippen molar-refractivity contribution in [1.29, 1.82) is 0 Å². The molecule has 0 unspecified atom stereocenters. The van der Waals surface area contributed by atoms with Crippen molar-refractivity contribution < 1.29 is 32.2 Å². The number of halogens is 3. The molecule has 3 atom stereocenters. The topological polar surface area (TPSA) is 115 Å². The number of benzene rings is 1. The molecule has 10 nitrogen and oxygen atoms in total. The third kappa shape index (κ3) is 7.18. The minimum absolute atomic E-state index is 0.0256. The molecule has 1 aromatic carbocycles. The summed E-state index contributed by atoms with van der Waals surface area (Å²) >= 11 is 0. The Kier molecular flexibility index (Phi) is 9.49. The molecular formula is C35H45F3N6O4. The molecule has 48 heavy (non-hydrogen) atoms. The van der Waals surface area contributed by atoms with Crippen molar-refractivity contribution in [2.45, 2.75) is 90.2 Å². The van der Waals surface area contributed by atoms with E-state index >= 15 is 0 Å². The second kappa shape index (κ2) is 13.3. The number of alkyl halides is 3. The number of esters is 1. The Hall–Kier alpha value is -3.68. The molecule has 3 aromatic rings. The molecule has 260 valence electrons. The largest absolute Gasteiger partial charge is 0.464 e. The average Bonchev–Trinajstić information content (AvgIpc) is 3.32. The SMILES string of the molecule is CC(C)c1ncccc1-c1c2c3cc(ccc3n1CC(F)(F)F)N1CCO[C@@H](C[C@H](N)C(=O)N3CCC[C@H](N3)C(=O)OCC(C)(C)C2)C1. The monoisotopic (exact) mass is 670 g/mol. The summed E-state index contributed by atoms with van der Waals surface area (Å²) in [7, 11) is 0. The van der Waals surface area contributed by atoms with Crippen LogP contribution in [0.25, 0.3) is 22.2 Å². The standard InChI is InChI=1S/C35H45F3N6O4/c1-21(2)30-24(7-5-11-40-30)31-26-17-34(3,4)20-48-33(46)28-8-6-12-44(41-28)32(45)27(39)16-23-18-42(13-14-47-23)22-9-10-29(25(26)15-22)43(31)19-35(36,37)38/h5,7,9-11,15,21,23,27-28,41H,6,8,12-14,16-20,39H2,1-4H3/t23-,27-,28-/m0/s1. The van der Waals surface area contributed by atoms with E-state index in [0.717, 1.165) is 11.3 Å². The highest BCUT2D eigenvalue weighted by atomic mass is 19.4. The van der Waals surface area contributed by atoms with Gasteiger partial charge in [0.25, 0.3) is 5.91 Å². The van der Waals surface area contributed by atoms with E-state index in [9.17, 15) is 22.8 Å². The van der Waals surface area contributed by atoms with Crippen molar-refractivity contribution >= 4 is 28.5 Å². The zero-order valence-corrected chi connectivity index (χ0v) is 28.0. The molecule has 2 aromatic heterocycles. The molecule has 0 radical (unpaired) electrons. The molecule has 1 amide bonds. The van der Waals surface area contributed by atoms with Crippen LogP contribution >= 0.6 is 0 Å². The first-order chi connectivity index (χ1) is 22.7. The summed E-state index contributed by atoms with van der Waals surface area (Å²) in [5, 5.41) is 2.12. The molecule has 5 heterocycles. The maximum absolute atomic E-state index is 14.3. The Balaban J connectivity index is 1.53. The van der Waals surface area contributed by atoms with Gasteiger partial charge in [-0.2, -0.15) is 13.2 Å². The summed E-state index contributed by atoms with van der Waals surface area (Å²) in [6.07, 6.45) is -1.45. The summed E-state index contributed by atoms with van der Waals surface area (Å²) in [5.41, 5.74) is 12.6. The molecule has 13 heteroatoms. The summed E-state index contributed by atoms with van der Waals surface area (Å²) in [5.74, 6) is -0.839. The number of carbonyl (C=O) groups excluding carboxylic acids is 2. The predicted octanol–water partition coefficient (Wildman–Crippen LogP) is 4.93. The molecule has 2 fully saturated rings. The van der Waals surface area contributed by atoms with Crippen LogP contribution < -0.4 is 16.1 Å². The summed E-state index contributed by atoms with van der Waals surface area (Å²) < 4.78 is 56.3. The van der Waals surface area contributed by atoms with Gasteiger partial charge in [-0.25, -0.2) is 5.43 Å². The smallest absolute Gasteiger partial charge is 0.406 e. The van der Waals surface area contributed by atoms with Crippen LogP contribution in [0.15, 0.2) is 36.5 Å². The molecule has 0 spiro atoms. The Morgan fingerprint density at radius 3 is 2.71 bits per heavy atom. The van der Waals surface area contributed by atoms with Crippen molar-refractivity contribution in [1.82, 2.24) is 20.0 Å². The summed E-state index contributed by atoms with van der Waals surface area (Å²) in [6, 6.07) is 7.61. The molecule has 0 aliphatic carbocycles. The first-order valence-electron chi connectivity index (χ1n) is 16.7. The van der Waals surface area contributed by atoms with E-state index in [2.05, 4.69) is 15.3 Å². The highest BCUT2D eigenvalue weighted by Crippen LogP contribution is 2.43. The minimum Gasteiger partial charge on any atom is -0.464 e. The molecule has 2 saturated heterocycles. The average molecular weight is 671 g/mol. The predicted molar refractivity (Wildman–Crippen MR) is 176 cm³/mol. The second-order valence-corrected chi connectivity index (χ2v) is 14.4. The van der Waals surface area contributed by atoms with Crippen molar-refractivity contribution in [3.63, 3.8) is 0 Å². The number of nitrogens with two attached hydrogens (primary N) is 1. The van der Waals surface area contributed by atoms with E-state index in [-0.39, 0.29) is 31.0 Å².